The number of likely N-dealkylation sites (tertiary alicyclic amines) is 1. The zero-order chi connectivity index (χ0) is 16.7. The highest BCUT2D eigenvalue weighted by molar-refractivity contribution is 5.77. The van der Waals surface area contributed by atoms with Crippen LogP contribution in [0, 0.1) is 5.92 Å². The van der Waals surface area contributed by atoms with E-state index in [1.807, 2.05) is 24.3 Å². The third kappa shape index (κ3) is 5.16. The number of carbonyl (C=O) groups is 2. The summed E-state index contributed by atoms with van der Waals surface area (Å²) in [5, 5.41) is 0. The molecule has 0 atom stereocenters. The van der Waals surface area contributed by atoms with Gasteiger partial charge in [0.25, 0.3) is 0 Å². The Hall–Kier alpha value is -2.24. The van der Waals surface area contributed by atoms with E-state index in [0.717, 1.165) is 18.6 Å². The van der Waals surface area contributed by atoms with E-state index in [-0.39, 0.29) is 17.9 Å². The summed E-state index contributed by atoms with van der Waals surface area (Å²) >= 11 is 0. The predicted molar refractivity (Wildman–Crippen MR) is 86.2 cm³/mol. The van der Waals surface area contributed by atoms with Crippen molar-refractivity contribution in [2.24, 2.45) is 11.7 Å². The molecule has 2 amide bonds. The summed E-state index contributed by atoms with van der Waals surface area (Å²) in [7, 11) is 1.64. The smallest absolute Gasteiger partial charge is 0.409 e. The third-order valence-electron chi connectivity index (χ3n) is 4.15. The number of nitrogens with zero attached hydrogens (tertiary/aromatic N) is 1. The average Bonchev–Trinajstić information content (AvgIpc) is 2.59. The summed E-state index contributed by atoms with van der Waals surface area (Å²) < 4.78 is 10.4. The first-order valence-corrected chi connectivity index (χ1v) is 7.94. The predicted octanol–water partition coefficient (Wildman–Crippen LogP) is 1.96. The van der Waals surface area contributed by atoms with Gasteiger partial charge in [-0.05, 0) is 43.4 Å². The Morgan fingerprint density at radius 3 is 2.43 bits per heavy atom. The first-order valence-electron chi connectivity index (χ1n) is 7.94. The number of nitrogens with two attached hydrogens (primary N) is 1. The van der Waals surface area contributed by atoms with Crippen LogP contribution in [0.25, 0.3) is 0 Å². The summed E-state index contributed by atoms with van der Waals surface area (Å²) in [6, 6.07) is 7.86. The van der Waals surface area contributed by atoms with Crippen LogP contribution >= 0.6 is 0 Å². The Kier molecular flexibility index (Phi) is 6.26. The minimum absolute atomic E-state index is 0.117. The maximum absolute atomic E-state index is 11.9. The lowest BCUT2D eigenvalue weighted by molar-refractivity contribution is -0.123. The molecule has 23 heavy (non-hydrogen) atoms. The third-order valence-corrected chi connectivity index (χ3v) is 4.15. The maximum Gasteiger partial charge on any atom is 0.409 e. The largest absolute Gasteiger partial charge is 0.497 e. The normalized spacial score (nSPS) is 15.3. The number of hydrogen-bond donors (Lipinski definition) is 1. The van der Waals surface area contributed by atoms with Crippen molar-refractivity contribution in [2.75, 3.05) is 26.8 Å². The lowest BCUT2D eigenvalue weighted by Gasteiger charge is -2.29. The van der Waals surface area contributed by atoms with Crippen LogP contribution in [0.2, 0.25) is 0 Å². The lowest BCUT2D eigenvalue weighted by Crippen LogP contribution is -2.42. The first kappa shape index (κ1) is 17.1. The fourth-order valence-corrected chi connectivity index (χ4v) is 2.67. The van der Waals surface area contributed by atoms with Crippen molar-refractivity contribution in [3.05, 3.63) is 29.8 Å². The van der Waals surface area contributed by atoms with Crippen LogP contribution in [0.15, 0.2) is 24.3 Å². The molecule has 0 saturated carbocycles. The molecule has 2 rings (SSSR count). The molecule has 1 fully saturated rings. The number of primary amides is 1. The van der Waals surface area contributed by atoms with Gasteiger partial charge in [-0.2, -0.15) is 0 Å². The number of piperidine rings is 1. The standard InChI is InChI=1S/C17H24N2O4/c1-22-15-6-4-13(5-7-15)3-2-12-23-17(21)19-10-8-14(9-11-19)16(18)20/h4-7,14H,2-3,8-12H2,1H3,(H2,18,20). The molecule has 0 radical (unpaired) electrons. The molecule has 0 spiro atoms. The number of amides is 2. The van der Waals surface area contributed by atoms with Crippen molar-refractivity contribution in [2.45, 2.75) is 25.7 Å². The molecule has 0 aromatic heterocycles. The number of rotatable bonds is 6. The Bertz CT molecular complexity index is 522. The number of carbonyl (C=O) groups excluding carboxylic acids is 2. The van der Waals surface area contributed by atoms with E-state index in [0.29, 0.717) is 32.5 Å². The maximum atomic E-state index is 11.9. The van der Waals surface area contributed by atoms with Gasteiger partial charge in [-0.15, -0.1) is 0 Å². The molecule has 0 bridgehead atoms. The van der Waals surface area contributed by atoms with Gasteiger partial charge in [0.15, 0.2) is 0 Å². The fraction of sp³-hybridized carbons (Fsp3) is 0.529. The Morgan fingerprint density at radius 2 is 1.87 bits per heavy atom. The van der Waals surface area contributed by atoms with Gasteiger partial charge in [0.05, 0.1) is 13.7 Å². The SMILES string of the molecule is COc1ccc(CCCOC(=O)N2CCC(C(N)=O)CC2)cc1. The van der Waals surface area contributed by atoms with Gasteiger partial charge in [0, 0.05) is 19.0 Å². The molecule has 6 nitrogen and oxygen atoms in total. The Balaban J connectivity index is 1.64. The summed E-state index contributed by atoms with van der Waals surface area (Å²) in [5.41, 5.74) is 6.46. The highest BCUT2D eigenvalue weighted by atomic mass is 16.6. The van der Waals surface area contributed by atoms with E-state index in [1.165, 1.54) is 5.56 Å². The van der Waals surface area contributed by atoms with Gasteiger partial charge in [-0.1, -0.05) is 12.1 Å². The van der Waals surface area contributed by atoms with Gasteiger partial charge in [0.1, 0.15) is 5.75 Å². The molecule has 0 aliphatic carbocycles. The molecule has 0 unspecified atom stereocenters. The number of methoxy groups -OCH3 is 1. The van der Waals surface area contributed by atoms with Crippen molar-refractivity contribution in [1.29, 1.82) is 0 Å². The fourth-order valence-electron chi connectivity index (χ4n) is 2.67. The minimum Gasteiger partial charge on any atom is -0.497 e. The molecule has 1 saturated heterocycles. The van der Waals surface area contributed by atoms with Crippen molar-refractivity contribution in [1.82, 2.24) is 4.90 Å². The molecule has 1 aliphatic rings. The number of ether oxygens (including phenoxy) is 2. The highest BCUT2D eigenvalue weighted by Crippen LogP contribution is 2.17. The second kappa shape index (κ2) is 8.41. The van der Waals surface area contributed by atoms with Crippen LogP contribution in [0.1, 0.15) is 24.8 Å². The van der Waals surface area contributed by atoms with E-state index in [1.54, 1.807) is 12.0 Å². The summed E-state index contributed by atoms with van der Waals surface area (Å²) in [6.07, 6.45) is 2.56. The molecule has 2 N–H and O–H groups in total. The number of hydrogen-bond acceptors (Lipinski definition) is 4. The first-order chi connectivity index (χ1) is 11.1. The van der Waals surface area contributed by atoms with E-state index in [9.17, 15) is 9.59 Å². The van der Waals surface area contributed by atoms with Crippen LogP contribution < -0.4 is 10.5 Å². The molecule has 126 valence electrons. The molecular weight excluding hydrogens is 296 g/mol. The molecule has 1 aromatic rings. The van der Waals surface area contributed by atoms with Gasteiger partial charge in [-0.3, -0.25) is 4.79 Å². The molecule has 6 heteroatoms. The highest BCUT2D eigenvalue weighted by Gasteiger charge is 2.26. The second-order valence-corrected chi connectivity index (χ2v) is 5.73. The van der Waals surface area contributed by atoms with Gasteiger partial charge in [0.2, 0.25) is 5.91 Å². The van der Waals surface area contributed by atoms with Crippen LogP contribution in [0.5, 0.6) is 5.75 Å². The molecule has 1 heterocycles. The van der Waals surface area contributed by atoms with E-state index < -0.39 is 0 Å². The van der Waals surface area contributed by atoms with Gasteiger partial charge >= 0.3 is 6.09 Å². The number of benzene rings is 1. The van der Waals surface area contributed by atoms with E-state index >= 15 is 0 Å². The second-order valence-electron chi connectivity index (χ2n) is 5.73. The summed E-state index contributed by atoms with van der Waals surface area (Å²) in [6.45, 7) is 1.45. The van der Waals surface area contributed by atoms with Crippen LogP contribution in [-0.4, -0.2) is 43.7 Å². The minimum atomic E-state index is -0.303. The van der Waals surface area contributed by atoms with Gasteiger partial charge in [-0.25, -0.2) is 4.79 Å². The molecule has 1 aromatic carbocycles. The lowest BCUT2D eigenvalue weighted by atomic mass is 9.97. The van der Waals surface area contributed by atoms with Crippen molar-refractivity contribution in [3.63, 3.8) is 0 Å². The van der Waals surface area contributed by atoms with Crippen molar-refractivity contribution in [3.8, 4) is 5.75 Å². The Morgan fingerprint density at radius 1 is 1.22 bits per heavy atom. The summed E-state index contributed by atoms with van der Waals surface area (Å²) in [4.78, 5) is 24.7. The molecular formula is C17H24N2O4. The molecule has 1 aliphatic heterocycles. The van der Waals surface area contributed by atoms with Crippen LogP contribution in [-0.2, 0) is 16.0 Å². The van der Waals surface area contributed by atoms with Gasteiger partial charge < -0.3 is 20.1 Å². The van der Waals surface area contributed by atoms with E-state index in [4.69, 9.17) is 15.2 Å². The topological polar surface area (TPSA) is 81.9 Å². The monoisotopic (exact) mass is 320 g/mol. The Labute approximate surface area is 136 Å². The van der Waals surface area contributed by atoms with Crippen LogP contribution in [0.4, 0.5) is 4.79 Å². The average molecular weight is 320 g/mol. The van der Waals surface area contributed by atoms with E-state index in [2.05, 4.69) is 0 Å². The quantitative estimate of drug-likeness (QED) is 0.812. The van der Waals surface area contributed by atoms with Crippen molar-refractivity contribution < 1.29 is 19.1 Å². The van der Waals surface area contributed by atoms with Crippen LogP contribution in [0.3, 0.4) is 0 Å². The zero-order valence-corrected chi connectivity index (χ0v) is 13.5. The van der Waals surface area contributed by atoms with Crippen molar-refractivity contribution >= 4 is 12.0 Å². The summed E-state index contributed by atoms with van der Waals surface area (Å²) in [5.74, 6) is 0.436. The number of aryl methyl sites for hydroxylation is 1. The zero-order valence-electron chi connectivity index (χ0n) is 13.5.